The summed E-state index contributed by atoms with van der Waals surface area (Å²) in [6, 6.07) is -0.918. The smallest absolute Gasteiger partial charge is 0.220 e. The Morgan fingerprint density at radius 3 is 1.07 bits per heavy atom. The first-order valence-electron chi connectivity index (χ1n) is 41.7. The molecule has 1 amide bonds. The minimum absolute atomic E-state index is 0.233. The van der Waals surface area contributed by atoms with Crippen molar-refractivity contribution >= 4 is 5.91 Å². The van der Waals surface area contributed by atoms with Crippen LogP contribution in [0.5, 0.6) is 0 Å². The molecule has 14 nitrogen and oxygen atoms in total. The molecule has 0 spiro atoms. The van der Waals surface area contributed by atoms with Gasteiger partial charge in [-0.1, -0.05) is 369 Å². The molecule has 0 aromatic heterocycles. The Labute approximate surface area is 606 Å². The molecule has 2 saturated heterocycles. The second-order valence-corrected chi connectivity index (χ2v) is 29.2. The second kappa shape index (κ2) is 68.5. The largest absolute Gasteiger partial charge is 0.394 e. The Balaban J connectivity index is 1.59. The third-order valence-corrected chi connectivity index (χ3v) is 20.1. The zero-order valence-electron chi connectivity index (χ0n) is 63.5. The predicted octanol–water partition coefficient (Wildman–Crippen LogP) is 19.3. The number of aliphatic hydroxyl groups is 8. The molecule has 0 bridgehead atoms. The molecule has 578 valence electrons. The van der Waals surface area contributed by atoms with Crippen molar-refractivity contribution in [3.05, 3.63) is 72.9 Å². The number of amides is 1. The number of unbranched alkanes of at least 4 members (excludes halogenated alkanes) is 47. The molecular weight excluding hydrogens is 1240 g/mol. The average Bonchev–Trinajstić information content (AvgIpc) is 0.793. The summed E-state index contributed by atoms with van der Waals surface area (Å²) in [6.45, 7) is 2.74. The lowest BCUT2D eigenvalue weighted by atomic mass is 9.97. The maximum absolute atomic E-state index is 13.4. The Kier molecular flexibility index (Phi) is 64.0. The third kappa shape index (κ3) is 51.3. The Morgan fingerprint density at radius 2 is 0.697 bits per heavy atom. The monoisotopic (exact) mass is 1400 g/mol. The molecule has 9 N–H and O–H groups in total. The zero-order chi connectivity index (χ0) is 71.5. The van der Waals surface area contributed by atoms with E-state index in [-0.39, 0.29) is 18.9 Å². The minimum Gasteiger partial charge on any atom is -0.394 e. The van der Waals surface area contributed by atoms with Gasteiger partial charge in [0.2, 0.25) is 5.91 Å². The first-order valence-corrected chi connectivity index (χ1v) is 41.7. The summed E-state index contributed by atoms with van der Waals surface area (Å²) in [4.78, 5) is 13.4. The summed E-state index contributed by atoms with van der Waals surface area (Å²) >= 11 is 0. The Bertz CT molecular complexity index is 1940. The van der Waals surface area contributed by atoms with Crippen molar-refractivity contribution in [1.82, 2.24) is 5.32 Å². The number of nitrogens with one attached hydrogen (secondary N) is 1. The summed E-state index contributed by atoms with van der Waals surface area (Å²) < 4.78 is 22.9. The molecule has 12 unspecified atom stereocenters. The van der Waals surface area contributed by atoms with Gasteiger partial charge in [-0.3, -0.25) is 4.79 Å². The van der Waals surface area contributed by atoms with Gasteiger partial charge >= 0.3 is 0 Å². The van der Waals surface area contributed by atoms with Gasteiger partial charge in [-0.05, 0) is 64.2 Å². The van der Waals surface area contributed by atoms with Gasteiger partial charge in [0.25, 0.3) is 0 Å². The maximum Gasteiger partial charge on any atom is 0.220 e. The van der Waals surface area contributed by atoms with Crippen LogP contribution in [0.1, 0.15) is 367 Å². The molecule has 2 fully saturated rings. The van der Waals surface area contributed by atoms with Crippen molar-refractivity contribution < 1.29 is 64.6 Å². The van der Waals surface area contributed by atoms with Crippen LogP contribution in [0.15, 0.2) is 72.9 Å². The zero-order valence-corrected chi connectivity index (χ0v) is 63.5. The number of rotatable bonds is 70. The van der Waals surface area contributed by atoms with Crippen LogP contribution in [0.25, 0.3) is 0 Å². The van der Waals surface area contributed by atoms with Gasteiger partial charge in [0.05, 0.1) is 32.0 Å². The number of aliphatic hydroxyl groups excluding tert-OH is 8. The highest BCUT2D eigenvalue weighted by Gasteiger charge is 2.51. The van der Waals surface area contributed by atoms with Gasteiger partial charge in [-0.25, -0.2) is 0 Å². The molecule has 12 atom stereocenters. The number of allylic oxidation sites excluding steroid dienone is 11. The Hall–Kier alpha value is -2.57. The molecule has 0 radical (unpaired) electrons. The van der Waals surface area contributed by atoms with Crippen molar-refractivity contribution in [3.8, 4) is 0 Å². The fraction of sp³-hybridized carbons (Fsp3) is 0.847. The van der Waals surface area contributed by atoms with E-state index in [2.05, 4.69) is 79.9 Å². The molecule has 2 aliphatic heterocycles. The summed E-state index contributed by atoms with van der Waals surface area (Å²) in [5.74, 6) is -0.233. The summed E-state index contributed by atoms with van der Waals surface area (Å²) in [5.41, 5.74) is 0. The molecule has 2 aliphatic rings. The van der Waals surface area contributed by atoms with Crippen LogP contribution in [-0.4, -0.2) is 140 Å². The topological polar surface area (TPSA) is 228 Å². The summed E-state index contributed by atoms with van der Waals surface area (Å²) in [6.07, 6.45) is 78.5. The van der Waals surface area contributed by atoms with Crippen LogP contribution in [0, 0.1) is 0 Å². The van der Waals surface area contributed by atoms with Gasteiger partial charge in [-0.2, -0.15) is 0 Å². The SMILES string of the molecule is CC/C=C\C/C=C\C/C=C\C/C=C\C/C=C\CCCCCCCCCCCCCCCCCCCCCCCC(=O)NC(COC1OC(CO)C(OC2OC(CO)C(O)C(O)C2O)C(O)C1O)C(O)/C=C/CCCCCCCCCCCCCCCCCCCCCCCCCCCC. The average molecular weight is 1400 g/mol. The number of carbonyl (C=O) groups excluding carboxylic acids is 1. The van der Waals surface area contributed by atoms with E-state index < -0.39 is 86.8 Å². The first-order chi connectivity index (χ1) is 48.6. The standard InChI is InChI=1S/C85H155NO13/c1-3-5-7-9-11-13-15-17-19-21-23-25-27-29-31-33-34-35-36-37-38-39-40-41-43-45-47-49-51-53-55-57-59-61-63-65-67-69-77(90)86-73(72-96-84-82(95)80(93)83(76(71-88)98-84)99-85-81(94)79(92)78(91)75(70-87)97-85)74(89)68-66-64-62-60-58-56-54-52-50-48-46-44-42-32-30-28-26-24-22-20-18-16-14-12-10-8-6-4-2/h5,7,11,13,17,19,23,25,29,31,66,68,73-76,78-85,87-89,91-95H,3-4,6,8-10,12,14-16,18,20-22,24,26-28,30,32-65,67,69-72H2,1-2H3,(H,86,90)/b7-5-,13-11-,19-17-,25-23-,31-29-,68-66+. The van der Waals surface area contributed by atoms with E-state index in [1.54, 1.807) is 6.08 Å². The van der Waals surface area contributed by atoms with E-state index in [0.717, 1.165) is 70.6 Å². The molecule has 0 aliphatic carbocycles. The summed E-state index contributed by atoms with van der Waals surface area (Å²) in [7, 11) is 0. The lowest BCUT2D eigenvalue weighted by Gasteiger charge is -2.46. The number of carbonyl (C=O) groups is 1. The number of ether oxygens (including phenoxy) is 4. The third-order valence-electron chi connectivity index (χ3n) is 20.1. The molecule has 14 heteroatoms. The highest BCUT2D eigenvalue weighted by atomic mass is 16.7. The highest BCUT2D eigenvalue weighted by molar-refractivity contribution is 5.76. The van der Waals surface area contributed by atoms with Gasteiger partial charge in [0.15, 0.2) is 12.6 Å². The lowest BCUT2D eigenvalue weighted by molar-refractivity contribution is -0.359. The second-order valence-electron chi connectivity index (χ2n) is 29.2. The Morgan fingerprint density at radius 1 is 0.374 bits per heavy atom. The molecule has 2 heterocycles. The normalized spacial score (nSPS) is 22.3. The van der Waals surface area contributed by atoms with E-state index >= 15 is 0 Å². The van der Waals surface area contributed by atoms with Crippen LogP contribution in [-0.2, 0) is 23.7 Å². The fourth-order valence-electron chi connectivity index (χ4n) is 13.6. The van der Waals surface area contributed by atoms with Crippen LogP contribution < -0.4 is 5.32 Å². The first kappa shape index (κ1) is 92.5. The van der Waals surface area contributed by atoms with Crippen molar-refractivity contribution in [3.63, 3.8) is 0 Å². The minimum atomic E-state index is -1.79. The molecule has 0 aromatic rings. The van der Waals surface area contributed by atoms with Crippen LogP contribution in [0.4, 0.5) is 0 Å². The highest BCUT2D eigenvalue weighted by Crippen LogP contribution is 2.30. The van der Waals surface area contributed by atoms with E-state index in [1.165, 1.54) is 270 Å². The van der Waals surface area contributed by atoms with E-state index in [4.69, 9.17) is 18.9 Å². The van der Waals surface area contributed by atoms with Gasteiger partial charge in [0, 0.05) is 6.42 Å². The van der Waals surface area contributed by atoms with Crippen molar-refractivity contribution in [2.75, 3.05) is 19.8 Å². The molecule has 2 rings (SSSR count). The molecule has 99 heavy (non-hydrogen) atoms. The molecular formula is C85H155NO13. The predicted molar refractivity (Wildman–Crippen MR) is 410 cm³/mol. The van der Waals surface area contributed by atoms with Crippen molar-refractivity contribution in [2.24, 2.45) is 0 Å². The van der Waals surface area contributed by atoms with Gasteiger partial charge in [0.1, 0.15) is 48.8 Å². The fourth-order valence-corrected chi connectivity index (χ4v) is 13.6. The molecule has 0 aromatic carbocycles. The van der Waals surface area contributed by atoms with Crippen LogP contribution in [0.3, 0.4) is 0 Å². The van der Waals surface area contributed by atoms with E-state index in [1.807, 2.05) is 6.08 Å². The van der Waals surface area contributed by atoms with Crippen LogP contribution >= 0.6 is 0 Å². The van der Waals surface area contributed by atoms with Crippen molar-refractivity contribution in [2.45, 2.75) is 441 Å². The van der Waals surface area contributed by atoms with Crippen molar-refractivity contribution in [1.29, 1.82) is 0 Å². The van der Waals surface area contributed by atoms with Crippen LogP contribution in [0.2, 0.25) is 0 Å². The number of hydrogen-bond donors (Lipinski definition) is 9. The summed E-state index contributed by atoms with van der Waals surface area (Å²) in [5, 5.41) is 87.8. The quantitative estimate of drug-likeness (QED) is 0.0204. The maximum atomic E-state index is 13.4. The number of hydrogen-bond acceptors (Lipinski definition) is 13. The van der Waals surface area contributed by atoms with Gasteiger partial charge < -0.3 is 65.1 Å². The van der Waals surface area contributed by atoms with Gasteiger partial charge in [-0.15, -0.1) is 0 Å². The molecule has 0 saturated carbocycles. The van der Waals surface area contributed by atoms with E-state index in [0.29, 0.717) is 6.42 Å². The van der Waals surface area contributed by atoms with E-state index in [9.17, 15) is 45.6 Å². The lowest BCUT2D eigenvalue weighted by Crippen LogP contribution is -2.65.